The number of pyridine rings is 1. The molecule has 0 saturated carbocycles. The van der Waals surface area contributed by atoms with Crippen LogP contribution in [0.5, 0.6) is 0 Å². The summed E-state index contributed by atoms with van der Waals surface area (Å²) in [6, 6.07) is 15.7. The Morgan fingerprint density at radius 3 is 2.38 bits per heavy atom. The Bertz CT molecular complexity index is 1160. The van der Waals surface area contributed by atoms with Crippen LogP contribution in [0.15, 0.2) is 67.0 Å². The molecule has 0 radical (unpaired) electrons. The maximum Gasteiger partial charge on any atom is 0.416 e. The van der Waals surface area contributed by atoms with Crippen molar-refractivity contribution < 1.29 is 18.3 Å². The molecule has 4 aromatic rings. The molecule has 5 nitrogen and oxygen atoms in total. The zero-order chi connectivity index (χ0) is 20.4. The van der Waals surface area contributed by atoms with Crippen molar-refractivity contribution in [2.24, 2.45) is 0 Å². The highest BCUT2D eigenvalue weighted by Gasteiger charge is 2.30. The van der Waals surface area contributed by atoms with Crippen LogP contribution in [0.25, 0.3) is 22.2 Å². The number of fused-ring (bicyclic) bond motifs is 1. The SMILES string of the molecule is OCc1ccc2ccc(Nc3cc(-c4ccc(C(F)(F)F)cc4)ncn3)cc2n1. The van der Waals surface area contributed by atoms with Crippen molar-refractivity contribution in [1.82, 2.24) is 15.0 Å². The summed E-state index contributed by atoms with van der Waals surface area (Å²) in [4.78, 5) is 12.7. The Labute approximate surface area is 163 Å². The summed E-state index contributed by atoms with van der Waals surface area (Å²) in [5, 5.41) is 13.3. The predicted octanol–water partition coefficient (Wildman–Crippen LogP) is 4.95. The maximum absolute atomic E-state index is 12.7. The van der Waals surface area contributed by atoms with Crippen LogP contribution >= 0.6 is 0 Å². The fraction of sp³-hybridized carbons (Fsp3) is 0.0952. The van der Waals surface area contributed by atoms with Crippen LogP contribution in [0, 0.1) is 0 Å². The van der Waals surface area contributed by atoms with Crippen LogP contribution in [0.2, 0.25) is 0 Å². The van der Waals surface area contributed by atoms with Crippen LogP contribution < -0.4 is 5.32 Å². The molecule has 2 aromatic heterocycles. The number of aromatic nitrogens is 3. The Morgan fingerprint density at radius 1 is 0.897 bits per heavy atom. The first-order valence-corrected chi connectivity index (χ1v) is 8.69. The molecule has 0 aliphatic heterocycles. The number of aliphatic hydroxyl groups excluding tert-OH is 1. The predicted molar refractivity (Wildman–Crippen MR) is 103 cm³/mol. The Balaban J connectivity index is 1.60. The summed E-state index contributed by atoms with van der Waals surface area (Å²) in [6.45, 7) is -0.143. The van der Waals surface area contributed by atoms with Crippen LogP contribution in [0.4, 0.5) is 24.7 Å². The van der Waals surface area contributed by atoms with Gasteiger partial charge >= 0.3 is 6.18 Å². The van der Waals surface area contributed by atoms with Gasteiger partial charge in [0.1, 0.15) is 12.1 Å². The number of hydrogen-bond donors (Lipinski definition) is 2. The molecule has 4 rings (SSSR count). The van der Waals surface area contributed by atoms with E-state index in [1.165, 1.54) is 18.5 Å². The summed E-state index contributed by atoms with van der Waals surface area (Å²) >= 11 is 0. The van der Waals surface area contributed by atoms with Crippen LogP contribution in [-0.4, -0.2) is 20.1 Å². The second-order valence-corrected chi connectivity index (χ2v) is 6.36. The zero-order valence-electron chi connectivity index (χ0n) is 15.0. The third kappa shape index (κ3) is 4.17. The van der Waals surface area contributed by atoms with Gasteiger partial charge in [-0.1, -0.05) is 24.3 Å². The molecule has 0 fully saturated rings. The van der Waals surface area contributed by atoms with E-state index in [4.69, 9.17) is 0 Å². The summed E-state index contributed by atoms with van der Waals surface area (Å²) in [5.74, 6) is 0.493. The number of alkyl halides is 3. The number of hydrogen-bond acceptors (Lipinski definition) is 5. The van der Waals surface area contributed by atoms with Crippen molar-refractivity contribution in [3.8, 4) is 11.3 Å². The molecule has 0 saturated heterocycles. The lowest BCUT2D eigenvalue weighted by Gasteiger charge is -2.10. The van der Waals surface area contributed by atoms with Gasteiger partial charge in [0.2, 0.25) is 0 Å². The molecule has 146 valence electrons. The smallest absolute Gasteiger partial charge is 0.390 e. The third-order valence-electron chi connectivity index (χ3n) is 4.36. The van der Waals surface area contributed by atoms with E-state index in [0.717, 1.165) is 28.7 Å². The van der Waals surface area contributed by atoms with Gasteiger partial charge in [-0.25, -0.2) is 9.97 Å². The number of halogens is 3. The van der Waals surface area contributed by atoms with Gasteiger partial charge in [-0.3, -0.25) is 4.98 Å². The fourth-order valence-electron chi connectivity index (χ4n) is 2.89. The molecule has 2 N–H and O–H groups in total. The van der Waals surface area contributed by atoms with Crippen molar-refractivity contribution in [2.75, 3.05) is 5.32 Å². The average Bonchev–Trinajstić information content (AvgIpc) is 2.73. The number of rotatable bonds is 4. The third-order valence-corrected chi connectivity index (χ3v) is 4.36. The summed E-state index contributed by atoms with van der Waals surface area (Å²) in [5.41, 5.74) is 2.37. The number of benzene rings is 2. The average molecular weight is 396 g/mol. The highest BCUT2D eigenvalue weighted by Crippen LogP contribution is 2.31. The summed E-state index contributed by atoms with van der Waals surface area (Å²) < 4.78 is 38.2. The van der Waals surface area contributed by atoms with Crippen molar-refractivity contribution in [2.45, 2.75) is 12.8 Å². The molecular formula is C21H15F3N4O. The van der Waals surface area contributed by atoms with Crippen molar-refractivity contribution >= 4 is 22.4 Å². The number of nitrogens with zero attached hydrogens (tertiary/aromatic N) is 3. The van der Waals surface area contributed by atoms with Gasteiger partial charge < -0.3 is 10.4 Å². The molecule has 0 spiro atoms. The van der Waals surface area contributed by atoms with E-state index < -0.39 is 11.7 Å². The highest BCUT2D eigenvalue weighted by molar-refractivity contribution is 5.83. The van der Waals surface area contributed by atoms with Crippen LogP contribution in [0.1, 0.15) is 11.3 Å². The van der Waals surface area contributed by atoms with Crippen LogP contribution in [0.3, 0.4) is 0 Å². The maximum atomic E-state index is 12.7. The fourth-order valence-corrected chi connectivity index (χ4v) is 2.89. The normalized spacial score (nSPS) is 11.6. The van der Waals surface area contributed by atoms with E-state index in [2.05, 4.69) is 20.3 Å². The molecule has 0 aliphatic carbocycles. The summed E-state index contributed by atoms with van der Waals surface area (Å²) in [7, 11) is 0. The van der Waals surface area contributed by atoms with E-state index in [1.54, 1.807) is 12.1 Å². The minimum Gasteiger partial charge on any atom is -0.390 e. The minimum atomic E-state index is -4.38. The molecular weight excluding hydrogens is 381 g/mol. The second-order valence-electron chi connectivity index (χ2n) is 6.36. The van der Waals surface area contributed by atoms with Gasteiger partial charge in [0.15, 0.2) is 0 Å². The lowest BCUT2D eigenvalue weighted by Crippen LogP contribution is -2.04. The molecule has 0 amide bonds. The highest BCUT2D eigenvalue weighted by atomic mass is 19.4. The van der Waals surface area contributed by atoms with E-state index in [0.29, 0.717) is 22.8 Å². The molecule has 0 aliphatic rings. The van der Waals surface area contributed by atoms with E-state index in [1.807, 2.05) is 24.3 Å². The van der Waals surface area contributed by atoms with Gasteiger partial charge in [0.05, 0.1) is 29.1 Å². The quantitative estimate of drug-likeness (QED) is 0.511. The van der Waals surface area contributed by atoms with Gasteiger partial charge in [0.25, 0.3) is 0 Å². The zero-order valence-corrected chi connectivity index (χ0v) is 15.0. The lowest BCUT2D eigenvalue weighted by atomic mass is 10.1. The number of anilines is 2. The first-order valence-electron chi connectivity index (χ1n) is 8.69. The lowest BCUT2D eigenvalue weighted by molar-refractivity contribution is -0.137. The molecule has 0 atom stereocenters. The van der Waals surface area contributed by atoms with Crippen molar-refractivity contribution in [3.05, 3.63) is 78.2 Å². The minimum absolute atomic E-state index is 0.143. The number of nitrogens with one attached hydrogen (secondary N) is 1. The molecule has 8 heteroatoms. The Hall–Kier alpha value is -3.52. The standard InChI is InChI=1S/C21H15F3N4O/c22-21(23,24)15-5-1-13(2-6-15)18-10-20(26-12-25-18)28-16-7-3-14-4-8-17(11-29)27-19(14)9-16/h1-10,12,29H,11H2,(H,25,26,28). The Morgan fingerprint density at radius 2 is 1.66 bits per heavy atom. The molecule has 2 heterocycles. The summed E-state index contributed by atoms with van der Waals surface area (Å²) in [6.07, 6.45) is -3.03. The second kappa shape index (κ2) is 7.48. The van der Waals surface area contributed by atoms with Gasteiger partial charge in [0, 0.05) is 22.7 Å². The largest absolute Gasteiger partial charge is 0.416 e. The molecule has 29 heavy (non-hydrogen) atoms. The van der Waals surface area contributed by atoms with E-state index in [-0.39, 0.29) is 6.61 Å². The number of aliphatic hydroxyl groups is 1. The molecule has 0 bridgehead atoms. The van der Waals surface area contributed by atoms with Gasteiger partial charge in [-0.15, -0.1) is 0 Å². The first kappa shape index (κ1) is 18.8. The van der Waals surface area contributed by atoms with Gasteiger partial charge in [-0.2, -0.15) is 13.2 Å². The van der Waals surface area contributed by atoms with Gasteiger partial charge in [-0.05, 0) is 30.3 Å². The Kier molecular flexibility index (Phi) is 4.85. The van der Waals surface area contributed by atoms with E-state index in [9.17, 15) is 18.3 Å². The molecule has 2 aromatic carbocycles. The van der Waals surface area contributed by atoms with Crippen LogP contribution in [-0.2, 0) is 12.8 Å². The molecule has 0 unspecified atom stereocenters. The van der Waals surface area contributed by atoms with E-state index >= 15 is 0 Å². The van der Waals surface area contributed by atoms with Crippen molar-refractivity contribution in [1.29, 1.82) is 0 Å². The first-order chi connectivity index (χ1) is 13.9. The van der Waals surface area contributed by atoms with Crippen molar-refractivity contribution in [3.63, 3.8) is 0 Å². The topological polar surface area (TPSA) is 70.9 Å². The monoisotopic (exact) mass is 396 g/mol.